The molecule has 2 aromatic heterocycles. The fourth-order valence-corrected chi connectivity index (χ4v) is 4.29. The Morgan fingerprint density at radius 2 is 1.68 bits per heavy atom. The summed E-state index contributed by atoms with van der Waals surface area (Å²) in [5, 5.41) is 5.35. The van der Waals surface area contributed by atoms with Crippen LogP contribution < -0.4 is 0 Å². The highest BCUT2D eigenvalue weighted by molar-refractivity contribution is 6.33. The maximum Gasteiger partial charge on any atom is 0.272 e. The van der Waals surface area contributed by atoms with Crippen LogP contribution in [0.1, 0.15) is 30.3 Å². The molecule has 5 rings (SSSR count). The Kier molecular flexibility index (Phi) is 5.20. The van der Waals surface area contributed by atoms with Gasteiger partial charge in [0.1, 0.15) is 5.69 Å². The van der Waals surface area contributed by atoms with Crippen LogP contribution in [-0.4, -0.2) is 38.5 Å². The molecule has 3 heterocycles. The van der Waals surface area contributed by atoms with Gasteiger partial charge in [-0.2, -0.15) is 5.10 Å². The average Bonchev–Trinajstić information content (AvgIpc) is 3.24. The van der Waals surface area contributed by atoms with Gasteiger partial charge in [-0.25, -0.2) is 9.50 Å². The number of rotatable bonds is 3. The van der Waals surface area contributed by atoms with E-state index in [0.29, 0.717) is 28.0 Å². The molecule has 6 heteroatoms. The third-order valence-electron chi connectivity index (χ3n) is 5.94. The lowest BCUT2D eigenvalue weighted by Gasteiger charge is -2.30. The van der Waals surface area contributed by atoms with Crippen molar-refractivity contribution in [2.24, 2.45) is 5.92 Å². The number of nitrogens with zero attached hydrogens (tertiary/aromatic N) is 4. The molecule has 0 aliphatic carbocycles. The van der Waals surface area contributed by atoms with E-state index in [4.69, 9.17) is 21.7 Å². The van der Waals surface area contributed by atoms with Gasteiger partial charge in [-0.3, -0.25) is 4.79 Å². The van der Waals surface area contributed by atoms with E-state index < -0.39 is 0 Å². The number of halogens is 1. The zero-order chi connectivity index (χ0) is 21.4. The zero-order valence-electron chi connectivity index (χ0n) is 17.3. The molecular formula is C25H23ClN4O. The molecule has 31 heavy (non-hydrogen) atoms. The summed E-state index contributed by atoms with van der Waals surface area (Å²) in [5.74, 6) is 0.630. The minimum Gasteiger partial charge on any atom is -0.337 e. The van der Waals surface area contributed by atoms with Gasteiger partial charge in [0, 0.05) is 35.3 Å². The third kappa shape index (κ3) is 3.81. The number of likely N-dealkylation sites (tertiary alicyclic amines) is 1. The number of piperidine rings is 1. The molecule has 0 saturated carbocycles. The number of carbonyl (C=O) groups excluding carboxylic acids is 1. The van der Waals surface area contributed by atoms with E-state index in [1.54, 1.807) is 4.52 Å². The first-order chi connectivity index (χ1) is 15.1. The smallest absolute Gasteiger partial charge is 0.272 e. The van der Waals surface area contributed by atoms with E-state index in [1.807, 2.05) is 71.6 Å². The average molecular weight is 431 g/mol. The van der Waals surface area contributed by atoms with Gasteiger partial charge in [-0.1, -0.05) is 67.1 Å². The highest BCUT2D eigenvalue weighted by Gasteiger charge is 2.25. The molecule has 1 fully saturated rings. The lowest BCUT2D eigenvalue weighted by molar-refractivity contribution is 0.0688. The summed E-state index contributed by atoms with van der Waals surface area (Å²) in [7, 11) is 0. The molecule has 5 nitrogen and oxygen atoms in total. The summed E-state index contributed by atoms with van der Waals surface area (Å²) >= 11 is 6.45. The van der Waals surface area contributed by atoms with Crippen molar-refractivity contribution < 1.29 is 4.79 Å². The van der Waals surface area contributed by atoms with E-state index in [1.165, 1.54) is 0 Å². The molecule has 0 bridgehead atoms. The largest absolute Gasteiger partial charge is 0.337 e. The van der Waals surface area contributed by atoms with Gasteiger partial charge in [0.05, 0.1) is 11.4 Å². The zero-order valence-corrected chi connectivity index (χ0v) is 18.1. The van der Waals surface area contributed by atoms with Crippen molar-refractivity contribution in [2.75, 3.05) is 13.1 Å². The first-order valence-corrected chi connectivity index (χ1v) is 11.0. The van der Waals surface area contributed by atoms with Crippen LogP contribution in [0.25, 0.3) is 28.2 Å². The van der Waals surface area contributed by atoms with Crippen LogP contribution in [0.3, 0.4) is 0 Å². The van der Waals surface area contributed by atoms with E-state index in [0.717, 1.165) is 42.8 Å². The van der Waals surface area contributed by atoms with Crippen molar-refractivity contribution in [3.05, 3.63) is 77.4 Å². The van der Waals surface area contributed by atoms with Crippen LogP contribution >= 0.6 is 11.6 Å². The minimum absolute atomic E-state index is 0.0182. The number of hydrogen-bond donors (Lipinski definition) is 0. The van der Waals surface area contributed by atoms with Crippen LogP contribution in [0, 0.1) is 5.92 Å². The normalized spacial score (nSPS) is 14.8. The maximum absolute atomic E-state index is 13.5. The van der Waals surface area contributed by atoms with Gasteiger partial charge in [0.2, 0.25) is 0 Å². The Labute approximate surface area is 186 Å². The van der Waals surface area contributed by atoms with Crippen molar-refractivity contribution >= 4 is 23.2 Å². The van der Waals surface area contributed by atoms with Gasteiger partial charge < -0.3 is 4.90 Å². The van der Waals surface area contributed by atoms with Crippen molar-refractivity contribution in [1.82, 2.24) is 19.5 Å². The monoisotopic (exact) mass is 430 g/mol. The van der Waals surface area contributed by atoms with Gasteiger partial charge >= 0.3 is 0 Å². The number of aromatic nitrogens is 3. The Morgan fingerprint density at radius 1 is 0.968 bits per heavy atom. The van der Waals surface area contributed by atoms with Crippen molar-refractivity contribution in [2.45, 2.75) is 19.8 Å². The van der Waals surface area contributed by atoms with Crippen LogP contribution in [-0.2, 0) is 0 Å². The predicted molar refractivity (Wildman–Crippen MR) is 123 cm³/mol. The van der Waals surface area contributed by atoms with E-state index in [2.05, 4.69) is 6.92 Å². The Hall–Kier alpha value is -3.18. The molecule has 1 aliphatic rings. The highest BCUT2D eigenvalue weighted by Crippen LogP contribution is 2.29. The molecule has 4 aromatic rings. The Morgan fingerprint density at radius 3 is 2.42 bits per heavy atom. The summed E-state index contributed by atoms with van der Waals surface area (Å²) in [6.07, 6.45) is 2.04. The van der Waals surface area contributed by atoms with Gasteiger partial charge in [0.15, 0.2) is 5.65 Å². The number of benzene rings is 2. The molecule has 0 N–H and O–H groups in total. The van der Waals surface area contributed by atoms with E-state index in [-0.39, 0.29) is 5.91 Å². The standard InChI is InChI=1S/C25H23ClN4O/c1-17-11-13-29(14-12-17)25(31)23-15-22(19-9-5-6-10-20(19)26)27-24-16-21(28-30(23)24)18-7-3-2-4-8-18/h2-10,15-17H,11-14H2,1H3. The van der Waals surface area contributed by atoms with Crippen LogP contribution in [0.5, 0.6) is 0 Å². The molecule has 1 amide bonds. The lowest BCUT2D eigenvalue weighted by Crippen LogP contribution is -2.38. The second kappa shape index (κ2) is 8.16. The highest BCUT2D eigenvalue weighted by atomic mass is 35.5. The fourth-order valence-electron chi connectivity index (χ4n) is 4.06. The SMILES string of the molecule is CC1CCN(C(=O)c2cc(-c3ccccc3Cl)nc3cc(-c4ccccc4)nn23)CC1. The molecule has 0 unspecified atom stereocenters. The Balaban J connectivity index is 1.66. The van der Waals surface area contributed by atoms with Gasteiger partial charge in [0.25, 0.3) is 5.91 Å². The maximum atomic E-state index is 13.5. The van der Waals surface area contributed by atoms with Crippen LogP contribution in [0.15, 0.2) is 66.7 Å². The molecule has 0 radical (unpaired) electrons. The summed E-state index contributed by atoms with van der Waals surface area (Å²) in [5.41, 5.74) is 4.38. The fraction of sp³-hybridized carbons (Fsp3) is 0.240. The molecular weight excluding hydrogens is 408 g/mol. The minimum atomic E-state index is -0.0182. The second-order valence-electron chi connectivity index (χ2n) is 8.15. The predicted octanol–water partition coefficient (Wildman–Crippen LogP) is 5.59. The number of hydrogen-bond acceptors (Lipinski definition) is 3. The summed E-state index contributed by atoms with van der Waals surface area (Å²) in [6.45, 7) is 3.76. The molecule has 1 saturated heterocycles. The number of carbonyl (C=O) groups is 1. The second-order valence-corrected chi connectivity index (χ2v) is 8.55. The number of amides is 1. The molecule has 2 aromatic carbocycles. The van der Waals surface area contributed by atoms with Gasteiger partial charge in [-0.15, -0.1) is 0 Å². The molecule has 0 atom stereocenters. The van der Waals surface area contributed by atoms with E-state index >= 15 is 0 Å². The van der Waals surface area contributed by atoms with Crippen molar-refractivity contribution in [3.8, 4) is 22.5 Å². The van der Waals surface area contributed by atoms with Crippen molar-refractivity contribution in [1.29, 1.82) is 0 Å². The first-order valence-electron chi connectivity index (χ1n) is 10.6. The molecule has 0 spiro atoms. The summed E-state index contributed by atoms with van der Waals surface area (Å²) in [4.78, 5) is 20.3. The van der Waals surface area contributed by atoms with E-state index in [9.17, 15) is 4.79 Å². The summed E-state index contributed by atoms with van der Waals surface area (Å²) < 4.78 is 1.67. The first kappa shape index (κ1) is 19.8. The molecule has 1 aliphatic heterocycles. The third-order valence-corrected chi connectivity index (χ3v) is 6.27. The number of fused-ring (bicyclic) bond motifs is 1. The molecule has 156 valence electrons. The van der Waals surface area contributed by atoms with Crippen LogP contribution in [0.2, 0.25) is 5.02 Å². The van der Waals surface area contributed by atoms with Gasteiger partial charge in [-0.05, 0) is 30.9 Å². The summed E-state index contributed by atoms with van der Waals surface area (Å²) in [6, 6.07) is 21.2. The quantitative estimate of drug-likeness (QED) is 0.425. The van der Waals surface area contributed by atoms with Crippen molar-refractivity contribution in [3.63, 3.8) is 0 Å². The lowest BCUT2D eigenvalue weighted by atomic mass is 9.99. The topological polar surface area (TPSA) is 50.5 Å². The Bertz CT molecular complexity index is 1240. The van der Waals surface area contributed by atoms with Crippen LogP contribution in [0.4, 0.5) is 0 Å².